The number of aliphatic carboxylic acids is 2. The molecule has 2 unspecified atom stereocenters. The van der Waals surface area contributed by atoms with Crippen molar-refractivity contribution in [3.05, 3.63) is 0 Å². The molecule has 26 heteroatoms. The Bertz CT molecular complexity index is 2250. The molecule has 6 aliphatic rings. The van der Waals surface area contributed by atoms with Gasteiger partial charge in [0.2, 0.25) is 44.9 Å². The van der Waals surface area contributed by atoms with E-state index >= 15 is 0 Å². The summed E-state index contributed by atoms with van der Waals surface area (Å²) in [6, 6.07) is 0. The summed E-state index contributed by atoms with van der Waals surface area (Å²) in [5.41, 5.74) is -5.97. The average molecular weight is 1150 g/mol. The molecule has 6 rings (SSSR count). The summed E-state index contributed by atoms with van der Waals surface area (Å²) in [6.45, 7) is 23.9. The highest BCUT2D eigenvalue weighted by Crippen LogP contribution is 2.45. The van der Waals surface area contributed by atoms with Crippen molar-refractivity contribution in [1.29, 1.82) is 0 Å². The van der Waals surface area contributed by atoms with Crippen LogP contribution in [0.15, 0.2) is 0 Å². The van der Waals surface area contributed by atoms with E-state index in [0.717, 1.165) is 18.2 Å². The minimum atomic E-state index is -1.80. The monoisotopic (exact) mass is 1150 g/mol. The molecule has 0 aromatic rings. The first kappa shape index (κ1) is 67.8. The lowest BCUT2D eigenvalue weighted by molar-refractivity contribution is -0.208. The lowest BCUT2D eigenvalue weighted by atomic mass is 9.75. The van der Waals surface area contributed by atoms with Crippen LogP contribution in [0.5, 0.6) is 0 Å². The van der Waals surface area contributed by atoms with Gasteiger partial charge in [-0.2, -0.15) is 0 Å². The second-order valence-corrected chi connectivity index (χ2v) is 24.8. The number of rotatable bonds is 20. The Morgan fingerprint density at radius 3 is 1.18 bits per heavy atom. The van der Waals surface area contributed by atoms with Crippen molar-refractivity contribution < 1.29 is 98.3 Å². The number of carbonyl (C=O) groups excluding carboxylic acids is 8. The highest BCUT2D eigenvalue weighted by molar-refractivity contribution is 8.14. The molecular formula is C52H84N4O20S2. The van der Waals surface area contributed by atoms with Crippen LogP contribution in [0, 0.1) is 59.2 Å². The number of thioether (sulfide) groups is 2. The van der Waals surface area contributed by atoms with Crippen LogP contribution in [-0.4, -0.2) is 181 Å². The minimum Gasteiger partial charge on any atom is -0.481 e. The van der Waals surface area contributed by atoms with Crippen LogP contribution in [0.3, 0.4) is 0 Å². The molecule has 78 heavy (non-hydrogen) atoms. The van der Waals surface area contributed by atoms with E-state index in [2.05, 4.69) is 21.3 Å². The Kier molecular flexibility index (Phi) is 23.4. The molecule has 6 aliphatic heterocycles. The van der Waals surface area contributed by atoms with Crippen molar-refractivity contribution in [2.45, 2.75) is 194 Å². The van der Waals surface area contributed by atoms with E-state index in [1.165, 1.54) is 20.8 Å². The minimum absolute atomic E-state index is 0.00175. The molecule has 6 saturated heterocycles. The molecule has 6 fully saturated rings. The Morgan fingerprint density at radius 1 is 0.500 bits per heavy atom. The average Bonchev–Trinajstić information content (AvgIpc) is 3.94. The van der Waals surface area contributed by atoms with Gasteiger partial charge in [-0.15, -0.1) is 0 Å². The van der Waals surface area contributed by atoms with Crippen molar-refractivity contribution in [2.24, 2.45) is 59.2 Å². The van der Waals surface area contributed by atoms with E-state index in [9.17, 15) is 78.6 Å². The van der Waals surface area contributed by atoms with Crippen LogP contribution in [0.25, 0.3) is 0 Å². The van der Waals surface area contributed by atoms with Crippen LogP contribution in [0.1, 0.15) is 123 Å². The summed E-state index contributed by atoms with van der Waals surface area (Å²) in [4.78, 5) is 118. The van der Waals surface area contributed by atoms with Gasteiger partial charge in [-0.3, -0.25) is 38.4 Å². The Hall–Kier alpha value is -4.44. The molecule has 4 amide bonds. The molecule has 0 bridgehead atoms. The summed E-state index contributed by atoms with van der Waals surface area (Å²) in [5.74, 6) is -9.22. The predicted octanol–water partition coefficient (Wildman–Crippen LogP) is 0.126. The highest BCUT2D eigenvalue weighted by Gasteiger charge is 2.72. The SMILES string of the molecule is CC(C)[C@H](O)C12NC(=O)[C@H](C)[C@@H]1OC2=O.CC(C)[C@H](O)[C@@]1(C(=O)SC[C@H](C)C(=O)O)NC(=O)[C@H](C)[C@@H]1O.CCC[C@H]1C(=O)NC2([C@@H](O)C(C)C)C(=O)O[C@@H]12.CCC[C@H]1C(=O)N[C@](C(=O)SC[C@H](C)C(=O)O)([C@@H](O)C(C)C)[C@H]1O. The summed E-state index contributed by atoms with van der Waals surface area (Å²) in [6.07, 6.45) is -5.46. The number of esters is 2. The number of fused-ring (bicyclic) bond motifs is 2. The zero-order valence-electron chi connectivity index (χ0n) is 46.9. The van der Waals surface area contributed by atoms with Crippen molar-refractivity contribution in [3.8, 4) is 0 Å². The molecule has 12 N–H and O–H groups in total. The van der Waals surface area contributed by atoms with Gasteiger partial charge in [-0.05, 0) is 43.4 Å². The molecule has 0 radical (unpaired) electrons. The fourth-order valence-corrected chi connectivity index (χ4v) is 12.6. The van der Waals surface area contributed by atoms with E-state index < -0.39 is 141 Å². The molecule has 18 atom stereocenters. The number of carbonyl (C=O) groups is 10. The number of carboxylic acids is 2. The third-order valence-corrected chi connectivity index (χ3v) is 18.0. The molecule has 24 nitrogen and oxygen atoms in total. The van der Waals surface area contributed by atoms with E-state index in [-0.39, 0.29) is 58.8 Å². The van der Waals surface area contributed by atoms with Gasteiger partial charge < -0.3 is 71.6 Å². The van der Waals surface area contributed by atoms with Crippen molar-refractivity contribution >= 4 is 81.3 Å². The lowest BCUT2D eigenvalue weighted by Crippen LogP contribution is -2.73. The lowest BCUT2D eigenvalue weighted by Gasteiger charge is -2.46. The van der Waals surface area contributed by atoms with Gasteiger partial charge in [0.25, 0.3) is 0 Å². The van der Waals surface area contributed by atoms with Crippen molar-refractivity contribution in [2.75, 3.05) is 11.5 Å². The highest BCUT2D eigenvalue weighted by atomic mass is 32.2. The fraction of sp³-hybridized carbons (Fsp3) is 0.808. The number of ether oxygens (including phenoxy) is 2. The van der Waals surface area contributed by atoms with Gasteiger partial charge in [0.05, 0.1) is 72.1 Å². The van der Waals surface area contributed by atoms with Crippen LogP contribution in [0.2, 0.25) is 0 Å². The summed E-state index contributed by atoms with van der Waals surface area (Å²) >= 11 is 1.43. The first-order valence-corrected chi connectivity index (χ1v) is 28.6. The maximum atomic E-state index is 12.8. The molecule has 444 valence electrons. The van der Waals surface area contributed by atoms with Gasteiger partial charge in [0, 0.05) is 11.5 Å². The standard InChI is InChI=1S/C16H27NO6S.C14H23NO6S.C12H19NO4.C10H15NO4/c1-5-6-10-12(19)16(17-13(10)20,11(18)8(2)3)15(23)24-7-9(4)14(21)22;1-6(2)9(16)14(10(17)8(4)11(18)15-14)13(21)22-5-7(3)12(19)20;1-4-5-7-9-12(11(16)17-9,13-10(7)15)8(14)6(2)3;1-4(2)6(12)10-7(15-9(10)14)5(3)8(13)11-10/h8-12,18-19H,5-7H2,1-4H3,(H,17,20)(H,21,22);6-10,16-17H,5H2,1-4H3,(H,15,18)(H,19,20);6-9,14H,4-5H2,1-3H3,(H,13,15);4-7,12H,1-3H3,(H,11,13)/t9-,10+,11-,12-,16+;7-,8+,9-,10-,14+;7-,8+,9+,12?;5-,6+,7+,10?/m0011/s1. The summed E-state index contributed by atoms with van der Waals surface area (Å²) in [7, 11) is 0. The third kappa shape index (κ3) is 12.7. The second-order valence-electron chi connectivity index (χ2n) is 22.8. The van der Waals surface area contributed by atoms with Crippen LogP contribution in [-0.2, 0) is 57.4 Å². The number of carboxylic acid groups (broad SMARTS) is 2. The molecule has 6 heterocycles. The molecular weight excluding hydrogens is 1060 g/mol. The molecule has 0 saturated carbocycles. The van der Waals surface area contributed by atoms with Crippen LogP contribution in [0.4, 0.5) is 0 Å². The van der Waals surface area contributed by atoms with Gasteiger partial charge >= 0.3 is 23.9 Å². The number of amides is 4. The van der Waals surface area contributed by atoms with E-state index in [1.54, 1.807) is 48.5 Å². The third-order valence-electron chi connectivity index (χ3n) is 15.5. The van der Waals surface area contributed by atoms with E-state index in [1.807, 2.05) is 27.7 Å². The van der Waals surface area contributed by atoms with Gasteiger partial charge in [0.15, 0.2) is 11.1 Å². The first-order valence-electron chi connectivity index (χ1n) is 26.6. The largest absolute Gasteiger partial charge is 0.481 e. The Morgan fingerprint density at radius 2 is 0.833 bits per heavy atom. The second kappa shape index (κ2) is 26.9. The summed E-state index contributed by atoms with van der Waals surface area (Å²) in [5, 5.41) is 89.0. The molecule has 0 aromatic heterocycles. The molecule has 0 spiro atoms. The van der Waals surface area contributed by atoms with Crippen molar-refractivity contribution in [1.82, 2.24) is 21.3 Å². The number of hydrogen-bond donors (Lipinski definition) is 12. The van der Waals surface area contributed by atoms with Gasteiger partial charge in [-0.1, -0.05) is 126 Å². The number of aliphatic hydroxyl groups excluding tert-OH is 6. The van der Waals surface area contributed by atoms with Crippen molar-refractivity contribution in [3.63, 3.8) is 0 Å². The predicted molar refractivity (Wildman–Crippen MR) is 282 cm³/mol. The number of nitrogens with one attached hydrogen (secondary N) is 4. The normalized spacial score (nSPS) is 33.7. The number of hydrogen-bond acceptors (Lipinski definition) is 20. The maximum absolute atomic E-state index is 12.8. The first-order chi connectivity index (χ1) is 36.0. The van der Waals surface area contributed by atoms with E-state index in [4.69, 9.17) is 19.7 Å². The smallest absolute Gasteiger partial charge is 0.338 e. The van der Waals surface area contributed by atoms with Crippen LogP contribution < -0.4 is 21.3 Å². The topological polar surface area (TPSA) is 399 Å². The Balaban J connectivity index is 0.000000277. The van der Waals surface area contributed by atoms with E-state index in [0.29, 0.717) is 31.0 Å². The zero-order valence-corrected chi connectivity index (χ0v) is 48.6. The molecule has 0 aromatic carbocycles. The maximum Gasteiger partial charge on any atom is 0.338 e. The zero-order chi connectivity index (χ0) is 60.1. The molecule has 0 aliphatic carbocycles. The Labute approximate surface area is 463 Å². The summed E-state index contributed by atoms with van der Waals surface area (Å²) < 4.78 is 10.0. The fourth-order valence-electron chi connectivity index (χ4n) is 10.4. The number of aliphatic hydroxyl groups is 6. The van der Waals surface area contributed by atoms with Gasteiger partial charge in [0.1, 0.15) is 12.2 Å². The van der Waals surface area contributed by atoms with Gasteiger partial charge in [-0.25, -0.2) is 9.59 Å². The quantitative estimate of drug-likeness (QED) is 0.0721. The van der Waals surface area contributed by atoms with Crippen LogP contribution >= 0.6 is 23.5 Å².